The van der Waals surface area contributed by atoms with Crippen LogP contribution < -0.4 is 4.74 Å². The summed E-state index contributed by atoms with van der Waals surface area (Å²) in [6.45, 7) is 1.98. The van der Waals surface area contributed by atoms with Crippen LogP contribution in [0.15, 0.2) is 18.2 Å². The molecule has 0 radical (unpaired) electrons. The van der Waals surface area contributed by atoms with E-state index in [0.29, 0.717) is 18.8 Å². The number of hydrogen-bond acceptors (Lipinski definition) is 3. The molecule has 0 saturated heterocycles. The first-order valence-corrected chi connectivity index (χ1v) is 5.62. The standard InChI is InChI=1S/C13H16FNO2/c1-10(16)12-6-5-11(9-13(12)14)17-8-4-2-3-7-15/h5-6,9-10,16H,2-4,8H2,1H3/t10-/m1/s1. The first-order chi connectivity index (χ1) is 8.15. The minimum atomic E-state index is -0.820. The summed E-state index contributed by atoms with van der Waals surface area (Å²) in [5.41, 5.74) is 0.266. The maximum atomic E-state index is 13.4. The minimum absolute atomic E-state index is 0.266. The second-order valence-electron chi connectivity index (χ2n) is 3.82. The van der Waals surface area contributed by atoms with Gasteiger partial charge in [-0.25, -0.2) is 4.39 Å². The summed E-state index contributed by atoms with van der Waals surface area (Å²) in [5, 5.41) is 17.6. The normalized spacial score (nSPS) is 11.9. The van der Waals surface area contributed by atoms with Gasteiger partial charge in [-0.15, -0.1) is 0 Å². The van der Waals surface area contributed by atoms with Crippen LogP contribution in [-0.4, -0.2) is 11.7 Å². The maximum Gasteiger partial charge on any atom is 0.132 e. The van der Waals surface area contributed by atoms with Crippen molar-refractivity contribution in [2.75, 3.05) is 6.61 Å². The van der Waals surface area contributed by atoms with Crippen LogP contribution in [0, 0.1) is 17.1 Å². The predicted molar refractivity (Wildman–Crippen MR) is 62.0 cm³/mol. The van der Waals surface area contributed by atoms with E-state index in [0.717, 1.165) is 12.8 Å². The number of rotatable bonds is 6. The molecule has 0 heterocycles. The summed E-state index contributed by atoms with van der Waals surface area (Å²) >= 11 is 0. The van der Waals surface area contributed by atoms with E-state index < -0.39 is 11.9 Å². The van der Waals surface area contributed by atoms with Crippen LogP contribution in [-0.2, 0) is 0 Å². The second-order valence-corrected chi connectivity index (χ2v) is 3.82. The fourth-order valence-electron chi connectivity index (χ4n) is 1.43. The molecule has 0 aliphatic heterocycles. The van der Waals surface area contributed by atoms with Gasteiger partial charge in [0, 0.05) is 18.1 Å². The Kier molecular flexibility index (Phi) is 5.44. The molecule has 1 aromatic carbocycles. The monoisotopic (exact) mass is 237 g/mol. The Balaban J connectivity index is 2.45. The Morgan fingerprint density at radius 1 is 1.47 bits per heavy atom. The lowest BCUT2D eigenvalue weighted by Gasteiger charge is -2.09. The smallest absolute Gasteiger partial charge is 0.132 e. The van der Waals surface area contributed by atoms with Crippen LogP contribution in [0.5, 0.6) is 5.75 Å². The SMILES string of the molecule is C[C@@H](O)c1ccc(OCCCCC#N)cc1F. The first kappa shape index (κ1) is 13.5. The van der Waals surface area contributed by atoms with Gasteiger partial charge in [-0.2, -0.15) is 5.26 Å². The molecule has 1 aromatic rings. The summed E-state index contributed by atoms with van der Waals surface area (Å²) in [6, 6.07) is 6.48. The van der Waals surface area contributed by atoms with E-state index in [4.69, 9.17) is 10.00 Å². The molecule has 92 valence electrons. The van der Waals surface area contributed by atoms with Crippen LogP contribution in [0.25, 0.3) is 0 Å². The average molecular weight is 237 g/mol. The molecule has 1 N–H and O–H groups in total. The minimum Gasteiger partial charge on any atom is -0.493 e. The fraction of sp³-hybridized carbons (Fsp3) is 0.462. The topological polar surface area (TPSA) is 53.2 Å². The zero-order valence-corrected chi connectivity index (χ0v) is 9.82. The van der Waals surface area contributed by atoms with Gasteiger partial charge in [-0.1, -0.05) is 0 Å². The number of nitriles is 1. The van der Waals surface area contributed by atoms with Crippen LogP contribution in [0.3, 0.4) is 0 Å². The molecule has 17 heavy (non-hydrogen) atoms. The van der Waals surface area contributed by atoms with Crippen molar-refractivity contribution in [1.29, 1.82) is 5.26 Å². The quantitative estimate of drug-likeness (QED) is 0.774. The summed E-state index contributed by atoms with van der Waals surface area (Å²) in [4.78, 5) is 0. The number of nitrogens with zero attached hydrogens (tertiary/aromatic N) is 1. The van der Waals surface area contributed by atoms with E-state index in [1.54, 1.807) is 6.07 Å². The van der Waals surface area contributed by atoms with Gasteiger partial charge >= 0.3 is 0 Å². The fourth-order valence-corrected chi connectivity index (χ4v) is 1.43. The van der Waals surface area contributed by atoms with Crippen molar-refractivity contribution in [1.82, 2.24) is 0 Å². The van der Waals surface area contributed by atoms with Crippen LogP contribution >= 0.6 is 0 Å². The second kappa shape index (κ2) is 6.87. The maximum absolute atomic E-state index is 13.4. The largest absolute Gasteiger partial charge is 0.493 e. The lowest BCUT2D eigenvalue weighted by molar-refractivity contribution is 0.194. The highest BCUT2D eigenvalue weighted by Crippen LogP contribution is 2.21. The number of aliphatic hydroxyl groups is 1. The molecular weight excluding hydrogens is 221 g/mol. The molecule has 0 saturated carbocycles. The van der Waals surface area contributed by atoms with Crippen molar-refractivity contribution < 1.29 is 14.2 Å². The molecule has 0 aliphatic rings. The third kappa shape index (κ3) is 4.41. The molecule has 0 aromatic heterocycles. The Hall–Kier alpha value is -1.60. The van der Waals surface area contributed by atoms with E-state index in [1.165, 1.54) is 19.1 Å². The molecule has 0 unspecified atom stereocenters. The lowest BCUT2D eigenvalue weighted by atomic mass is 10.1. The predicted octanol–water partition coefficient (Wildman–Crippen LogP) is 2.95. The number of aliphatic hydroxyl groups excluding tert-OH is 1. The third-order valence-electron chi connectivity index (χ3n) is 2.37. The zero-order valence-electron chi connectivity index (χ0n) is 9.82. The molecule has 0 bridgehead atoms. The number of unbranched alkanes of at least 4 members (excludes halogenated alkanes) is 2. The van der Waals surface area contributed by atoms with E-state index in [9.17, 15) is 9.50 Å². The summed E-state index contributed by atoms with van der Waals surface area (Å²) < 4.78 is 18.8. The molecule has 0 amide bonds. The molecule has 0 fully saturated rings. The van der Waals surface area contributed by atoms with Crippen molar-refractivity contribution in [3.8, 4) is 11.8 Å². The van der Waals surface area contributed by atoms with Gasteiger partial charge in [0.05, 0.1) is 18.8 Å². The number of ether oxygens (including phenoxy) is 1. The van der Waals surface area contributed by atoms with Crippen molar-refractivity contribution in [2.45, 2.75) is 32.3 Å². The summed E-state index contributed by atoms with van der Waals surface area (Å²) in [7, 11) is 0. The van der Waals surface area contributed by atoms with E-state index >= 15 is 0 Å². The van der Waals surface area contributed by atoms with E-state index in [1.807, 2.05) is 0 Å². The Morgan fingerprint density at radius 2 is 2.24 bits per heavy atom. The van der Waals surface area contributed by atoms with Crippen molar-refractivity contribution in [3.63, 3.8) is 0 Å². The van der Waals surface area contributed by atoms with Gasteiger partial charge in [-0.3, -0.25) is 0 Å². The number of hydrogen-bond donors (Lipinski definition) is 1. The van der Waals surface area contributed by atoms with Gasteiger partial charge in [0.25, 0.3) is 0 Å². The summed E-state index contributed by atoms with van der Waals surface area (Å²) in [6.07, 6.45) is 1.25. The molecular formula is C13H16FNO2. The molecule has 0 spiro atoms. The van der Waals surface area contributed by atoms with Gasteiger partial charge in [0.15, 0.2) is 0 Å². The van der Waals surface area contributed by atoms with Crippen molar-refractivity contribution in [2.24, 2.45) is 0 Å². The lowest BCUT2D eigenvalue weighted by Crippen LogP contribution is -2.00. The number of halogens is 1. The molecule has 1 atom stereocenters. The van der Waals surface area contributed by atoms with Crippen molar-refractivity contribution in [3.05, 3.63) is 29.6 Å². The Morgan fingerprint density at radius 3 is 2.82 bits per heavy atom. The first-order valence-electron chi connectivity index (χ1n) is 5.62. The van der Waals surface area contributed by atoms with Crippen LogP contribution in [0.2, 0.25) is 0 Å². The average Bonchev–Trinajstić information content (AvgIpc) is 2.28. The highest BCUT2D eigenvalue weighted by molar-refractivity contribution is 5.29. The summed E-state index contributed by atoms with van der Waals surface area (Å²) in [5.74, 6) is -0.0154. The van der Waals surface area contributed by atoms with E-state index in [2.05, 4.69) is 6.07 Å². The Labute approximate surface area is 100 Å². The number of benzene rings is 1. The molecule has 3 nitrogen and oxygen atoms in total. The van der Waals surface area contributed by atoms with E-state index in [-0.39, 0.29) is 5.56 Å². The molecule has 0 aliphatic carbocycles. The van der Waals surface area contributed by atoms with Gasteiger partial charge in [0.2, 0.25) is 0 Å². The molecule has 4 heteroatoms. The highest BCUT2D eigenvalue weighted by atomic mass is 19.1. The van der Waals surface area contributed by atoms with Crippen LogP contribution in [0.4, 0.5) is 4.39 Å². The zero-order chi connectivity index (χ0) is 12.7. The van der Waals surface area contributed by atoms with Gasteiger partial charge in [-0.05, 0) is 31.9 Å². The molecule has 1 rings (SSSR count). The third-order valence-corrected chi connectivity index (χ3v) is 2.37. The van der Waals surface area contributed by atoms with Crippen LogP contribution in [0.1, 0.15) is 37.9 Å². The Bertz CT molecular complexity index is 399. The van der Waals surface area contributed by atoms with Gasteiger partial charge < -0.3 is 9.84 Å². The van der Waals surface area contributed by atoms with Gasteiger partial charge in [0.1, 0.15) is 11.6 Å². The highest BCUT2D eigenvalue weighted by Gasteiger charge is 2.08. The van der Waals surface area contributed by atoms with Crippen molar-refractivity contribution >= 4 is 0 Å².